The van der Waals surface area contributed by atoms with Gasteiger partial charge >= 0.3 is 15.6 Å². The maximum atomic E-state index is 11.8. The van der Waals surface area contributed by atoms with Crippen molar-refractivity contribution in [2.75, 3.05) is 13.2 Å². The van der Waals surface area contributed by atoms with Crippen LogP contribution in [0, 0.1) is 47.3 Å². The maximum absolute atomic E-state index is 11.8. The van der Waals surface area contributed by atoms with E-state index in [-0.39, 0.29) is 48.4 Å². The van der Waals surface area contributed by atoms with Crippen LogP contribution < -0.4 is 9.05 Å². The monoisotopic (exact) mass is 762 g/mol. The topological polar surface area (TPSA) is 189 Å². The Morgan fingerprint density at radius 2 is 0.885 bits per heavy atom. The summed E-state index contributed by atoms with van der Waals surface area (Å²) in [6.45, 7) is 0.0584. The molecule has 16 heteroatoms. The van der Waals surface area contributed by atoms with Gasteiger partial charge in [0, 0.05) is 11.1 Å². The van der Waals surface area contributed by atoms with Gasteiger partial charge in [0.1, 0.15) is 11.5 Å². The Bertz CT molecular complexity index is 1650. The molecule has 2 aliphatic heterocycles. The number of hydrogen-bond acceptors (Lipinski definition) is 10. The van der Waals surface area contributed by atoms with Crippen LogP contribution in [0.15, 0.2) is 48.5 Å². The molecule has 12 rings (SSSR count). The summed E-state index contributed by atoms with van der Waals surface area (Å²) in [6, 6.07) is 13.0. The molecule has 10 aliphatic rings. The molecule has 10 fully saturated rings. The fourth-order valence-electron chi connectivity index (χ4n) is 12.7. The highest BCUT2D eigenvalue weighted by Crippen LogP contribution is 2.71. The van der Waals surface area contributed by atoms with Gasteiger partial charge in [0.05, 0.1) is 13.2 Å². The Morgan fingerprint density at radius 3 is 1.17 bits per heavy atom. The van der Waals surface area contributed by atoms with Gasteiger partial charge in [0.15, 0.2) is 11.2 Å². The zero-order valence-electron chi connectivity index (χ0n) is 28.5. The average molecular weight is 763 g/mol. The third kappa shape index (κ3) is 5.07. The predicted octanol–water partition coefficient (Wildman–Crippen LogP) is 5.98. The van der Waals surface area contributed by atoms with Gasteiger partial charge in [-0.3, -0.25) is 19.6 Å². The molecule has 8 saturated carbocycles. The minimum Gasteiger partial charge on any atom is -0.404 e. The lowest BCUT2D eigenvalue weighted by Gasteiger charge is -2.69. The van der Waals surface area contributed by atoms with Crippen molar-refractivity contribution < 1.29 is 66.8 Å². The number of phosphoric acid groups is 2. The highest BCUT2D eigenvalue weighted by Gasteiger charge is 2.78. The van der Waals surface area contributed by atoms with E-state index in [1.54, 1.807) is 24.3 Å². The lowest BCUT2D eigenvalue weighted by Crippen LogP contribution is -2.77. The zero-order valence-corrected chi connectivity index (χ0v) is 30.3. The molecule has 2 unspecified atom stereocenters. The van der Waals surface area contributed by atoms with Gasteiger partial charge in [-0.2, -0.15) is 9.78 Å². The van der Waals surface area contributed by atoms with Crippen LogP contribution >= 0.6 is 15.6 Å². The largest absolute Gasteiger partial charge is 0.524 e. The molecule has 8 aliphatic carbocycles. The number of hydrogen-bond donors (Lipinski definition) is 4. The Labute approximate surface area is 300 Å². The Hall–Kier alpha value is -1.90. The number of benzene rings is 2. The van der Waals surface area contributed by atoms with Gasteiger partial charge in [-0.05, 0) is 136 Å². The van der Waals surface area contributed by atoms with Crippen molar-refractivity contribution in [3.63, 3.8) is 0 Å². The van der Waals surface area contributed by atoms with Crippen molar-refractivity contribution in [2.45, 2.75) is 87.0 Å². The molecule has 4 N–H and O–H groups in total. The van der Waals surface area contributed by atoms with Crippen LogP contribution in [0.25, 0.3) is 0 Å². The molecule has 0 radical (unpaired) electrons. The van der Waals surface area contributed by atoms with Crippen LogP contribution in [0.4, 0.5) is 0 Å². The van der Waals surface area contributed by atoms with E-state index in [1.165, 1.54) is 25.0 Å². The molecule has 282 valence electrons. The van der Waals surface area contributed by atoms with Crippen molar-refractivity contribution >= 4 is 15.6 Å². The normalized spacial score (nSPS) is 43.8. The minimum absolute atomic E-state index is 0.0141. The number of rotatable bonds is 11. The fraction of sp³-hybridized carbons (Fsp3) is 0.667. The fourth-order valence-corrected chi connectivity index (χ4v) is 13.5. The molecule has 2 atom stereocenters. The third-order valence-corrected chi connectivity index (χ3v) is 14.8. The molecule has 0 amide bonds. The minimum atomic E-state index is -4.84. The van der Waals surface area contributed by atoms with Crippen LogP contribution in [-0.2, 0) is 49.7 Å². The molecular weight excluding hydrogens is 718 g/mol. The van der Waals surface area contributed by atoms with Crippen LogP contribution in [0.2, 0.25) is 0 Å². The molecule has 0 aromatic heterocycles. The second kappa shape index (κ2) is 11.8. The lowest BCUT2D eigenvalue weighted by molar-refractivity contribution is -0.655. The van der Waals surface area contributed by atoms with Crippen molar-refractivity contribution in [2.24, 2.45) is 47.3 Å². The van der Waals surface area contributed by atoms with E-state index >= 15 is 0 Å². The summed E-state index contributed by atoms with van der Waals surface area (Å²) in [5.41, 5.74) is -0.526. The van der Waals surface area contributed by atoms with Crippen molar-refractivity contribution in [3.05, 3.63) is 59.7 Å². The maximum Gasteiger partial charge on any atom is 0.524 e. The summed E-state index contributed by atoms with van der Waals surface area (Å²) in [5.74, 6) is 0.381. The van der Waals surface area contributed by atoms with E-state index in [4.69, 9.17) is 38.1 Å². The molecule has 2 spiro atoms. The van der Waals surface area contributed by atoms with Gasteiger partial charge in [-0.1, -0.05) is 24.3 Å². The predicted molar refractivity (Wildman–Crippen MR) is 177 cm³/mol. The van der Waals surface area contributed by atoms with Crippen LogP contribution in [0.1, 0.15) is 75.3 Å². The molecule has 2 saturated heterocycles. The smallest absolute Gasteiger partial charge is 0.404 e. The first-order valence-corrected chi connectivity index (χ1v) is 21.6. The molecule has 8 bridgehead atoms. The molecular formula is C36H44O14P2. The lowest BCUT2D eigenvalue weighted by atomic mass is 9.47. The Balaban J connectivity index is 0.978. The second-order valence-electron chi connectivity index (χ2n) is 16.7. The quantitative estimate of drug-likeness (QED) is 0.119. The molecule has 14 nitrogen and oxygen atoms in total. The summed E-state index contributed by atoms with van der Waals surface area (Å²) < 4.78 is 47.3. The van der Waals surface area contributed by atoms with E-state index in [2.05, 4.69) is 0 Å². The summed E-state index contributed by atoms with van der Waals surface area (Å²) in [4.78, 5) is 63.0. The standard InChI is InChI=1S/C36H44O14P2/c37-51(38,39)45-31-5-1-3-25(19-31)35(33(47-49-35)27-11-21-9-22(13-27)14-28(33)12-21)43-7-8-44-36(26-4-2-6-32(20-26)46-52(40,41)42)34(48-50-36)29-15-23-10-24(17-29)18-30(34)16-23/h1-6,19-24,27-30H,7-18H2,(H2,37,38,39)(H2,40,41,42). The first-order chi connectivity index (χ1) is 24.8. The van der Waals surface area contributed by atoms with E-state index < -0.39 is 38.4 Å². The molecule has 2 heterocycles. The van der Waals surface area contributed by atoms with Gasteiger partial charge in [-0.15, -0.1) is 0 Å². The van der Waals surface area contributed by atoms with Crippen LogP contribution in [0.3, 0.4) is 0 Å². The Kier molecular flexibility index (Phi) is 7.85. The summed E-state index contributed by atoms with van der Waals surface area (Å²) in [6.07, 6.45) is 10.4. The Morgan fingerprint density at radius 1 is 0.538 bits per heavy atom. The highest BCUT2D eigenvalue weighted by molar-refractivity contribution is 7.47. The van der Waals surface area contributed by atoms with E-state index in [0.29, 0.717) is 34.8 Å². The summed E-state index contributed by atoms with van der Waals surface area (Å²) >= 11 is 0. The van der Waals surface area contributed by atoms with Crippen LogP contribution in [-0.4, -0.2) is 44.0 Å². The van der Waals surface area contributed by atoms with E-state index in [0.717, 1.165) is 51.4 Å². The summed E-state index contributed by atoms with van der Waals surface area (Å²) in [7, 11) is -9.67. The highest BCUT2D eigenvalue weighted by atomic mass is 31.2. The van der Waals surface area contributed by atoms with Crippen LogP contribution in [0.5, 0.6) is 11.5 Å². The summed E-state index contributed by atoms with van der Waals surface area (Å²) in [5, 5.41) is 0. The number of phosphoric ester groups is 2. The van der Waals surface area contributed by atoms with E-state index in [1.807, 2.05) is 12.1 Å². The average Bonchev–Trinajstić information content (AvgIpc) is 3.03. The third-order valence-electron chi connectivity index (χ3n) is 13.9. The van der Waals surface area contributed by atoms with Gasteiger partial charge in [0.2, 0.25) is 0 Å². The first kappa shape index (κ1) is 34.6. The van der Waals surface area contributed by atoms with Gasteiger partial charge in [-0.25, -0.2) is 18.9 Å². The SMILES string of the molecule is O=P(O)(O)Oc1cccc(C2(OCCOC3(c4cccc(OP(=O)(O)O)c4)OOC34C3CC5CC(C3)CC4C5)OOC23C2CC4CC(C2)CC3C4)c1. The van der Waals surface area contributed by atoms with Crippen molar-refractivity contribution in [1.29, 1.82) is 0 Å². The van der Waals surface area contributed by atoms with Crippen molar-refractivity contribution in [1.82, 2.24) is 0 Å². The molecule has 2 aromatic rings. The molecule has 52 heavy (non-hydrogen) atoms. The van der Waals surface area contributed by atoms with E-state index in [9.17, 15) is 28.7 Å². The number of ether oxygens (including phenoxy) is 2. The van der Waals surface area contributed by atoms with Crippen molar-refractivity contribution in [3.8, 4) is 11.5 Å². The van der Waals surface area contributed by atoms with Gasteiger partial charge in [0.25, 0.3) is 11.6 Å². The zero-order chi connectivity index (χ0) is 35.7. The first-order valence-electron chi connectivity index (χ1n) is 18.5. The van der Waals surface area contributed by atoms with Gasteiger partial charge < -0.3 is 18.5 Å². The second-order valence-corrected chi connectivity index (χ2v) is 19.0. The molecule has 2 aromatic carbocycles.